The van der Waals surface area contributed by atoms with Gasteiger partial charge in [0.25, 0.3) is 0 Å². The van der Waals surface area contributed by atoms with Crippen molar-refractivity contribution in [1.29, 1.82) is 0 Å². The van der Waals surface area contributed by atoms with Crippen LogP contribution in [0.1, 0.15) is 34.6 Å². The van der Waals surface area contributed by atoms with Crippen molar-refractivity contribution < 1.29 is 14.3 Å². The van der Waals surface area contributed by atoms with Crippen molar-refractivity contribution in [3.8, 4) is 0 Å². The Balaban J connectivity index is 2.85. The first-order valence-electron chi connectivity index (χ1n) is 6.06. The lowest BCUT2D eigenvalue weighted by Crippen LogP contribution is -2.49. The van der Waals surface area contributed by atoms with Crippen LogP contribution in [0.3, 0.4) is 0 Å². The van der Waals surface area contributed by atoms with E-state index in [2.05, 4.69) is 15.9 Å². The van der Waals surface area contributed by atoms with Gasteiger partial charge < -0.3 is 9.47 Å². The normalized spacial score (nSPS) is 23.7. The van der Waals surface area contributed by atoms with Gasteiger partial charge in [0.05, 0.1) is 12.6 Å². The molecule has 1 aliphatic heterocycles. The second kappa shape index (κ2) is 5.61. The molecule has 1 fully saturated rings. The summed E-state index contributed by atoms with van der Waals surface area (Å²) < 4.78 is 11.1. The Bertz CT molecular complexity index is 334. The molecular formula is C13H22BrNO3. The van der Waals surface area contributed by atoms with Crippen LogP contribution < -0.4 is 0 Å². The molecule has 0 aliphatic carbocycles. The van der Waals surface area contributed by atoms with Crippen LogP contribution in [-0.2, 0) is 9.47 Å². The molecule has 0 aromatic carbocycles. The minimum atomic E-state index is -0.635. The van der Waals surface area contributed by atoms with E-state index in [0.717, 1.165) is 5.33 Å². The maximum absolute atomic E-state index is 12.2. The Morgan fingerprint density at radius 2 is 2.17 bits per heavy atom. The smallest absolute Gasteiger partial charge is 0.413 e. The molecule has 1 heterocycles. The standard InChI is InChI=1S/C13H22BrNO3/c1-12(2,3)18-11(16)15-10(7-6-8-14)9-17-13(15,4)5/h6-7,10H,8-9H2,1-5H3. The van der Waals surface area contributed by atoms with Gasteiger partial charge in [-0.05, 0) is 34.6 Å². The molecule has 104 valence electrons. The summed E-state index contributed by atoms with van der Waals surface area (Å²) in [5.41, 5.74) is -1.14. The van der Waals surface area contributed by atoms with E-state index < -0.39 is 11.3 Å². The van der Waals surface area contributed by atoms with Gasteiger partial charge >= 0.3 is 6.09 Å². The van der Waals surface area contributed by atoms with Gasteiger partial charge in [0.1, 0.15) is 11.3 Å². The van der Waals surface area contributed by atoms with Crippen molar-refractivity contribution in [2.45, 2.75) is 52.0 Å². The minimum Gasteiger partial charge on any atom is -0.444 e. The average Bonchev–Trinajstić information content (AvgIpc) is 2.48. The second-order valence-corrected chi connectivity index (χ2v) is 6.41. The third kappa shape index (κ3) is 3.99. The summed E-state index contributed by atoms with van der Waals surface area (Å²) >= 11 is 3.33. The Morgan fingerprint density at radius 3 is 2.67 bits per heavy atom. The van der Waals surface area contributed by atoms with E-state index in [4.69, 9.17) is 9.47 Å². The van der Waals surface area contributed by atoms with Crippen molar-refractivity contribution in [3.63, 3.8) is 0 Å². The molecule has 1 saturated heterocycles. The monoisotopic (exact) mass is 319 g/mol. The number of amides is 1. The number of ether oxygens (including phenoxy) is 2. The van der Waals surface area contributed by atoms with Crippen LogP contribution in [0.4, 0.5) is 4.79 Å². The number of hydrogen-bond donors (Lipinski definition) is 0. The summed E-state index contributed by atoms with van der Waals surface area (Å²) in [6, 6.07) is -0.0765. The maximum Gasteiger partial charge on any atom is 0.413 e. The molecular weight excluding hydrogens is 298 g/mol. The molecule has 0 radical (unpaired) electrons. The van der Waals surface area contributed by atoms with Gasteiger partial charge in [0, 0.05) is 5.33 Å². The van der Waals surface area contributed by atoms with Gasteiger partial charge in [-0.1, -0.05) is 28.1 Å². The zero-order valence-corrected chi connectivity index (χ0v) is 13.3. The van der Waals surface area contributed by atoms with Crippen molar-refractivity contribution in [2.24, 2.45) is 0 Å². The minimum absolute atomic E-state index is 0.0765. The highest BCUT2D eigenvalue weighted by molar-refractivity contribution is 9.09. The summed E-state index contributed by atoms with van der Waals surface area (Å²) in [5, 5.41) is 0.756. The summed E-state index contributed by atoms with van der Waals surface area (Å²) in [4.78, 5) is 13.9. The Hall–Kier alpha value is -0.550. The first kappa shape index (κ1) is 15.5. The highest BCUT2D eigenvalue weighted by atomic mass is 79.9. The lowest BCUT2D eigenvalue weighted by molar-refractivity contribution is -0.0610. The zero-order chi connectivity index (χ0) is 14.0. The number of rotatable bonds is 2. The number of allylic oxidation sites excluding steroid dienone is 1. The average molecular weight is 320 g/mol. The van der Waals surface area contributed by atoms with Crippen LogP contribution in [0.5, 0.6) is 0 Å². The third-order valence-electron chi connectivity index (χ3n) is 2.56. The molecule has 0 saturated carbocycles. The Kier molecular flexibility index (Phi) is 4.84. The SMILES string of the molecule is CC(C)(C)OC(=O)N1C(C=CCBr)COC1(C)C. The highest BCUT2D eigenvalue weighted by Gasteiger charge is 2.44. The first-order chi connectivity index (χ1) is 8.17. The fourth-order valence-corrected chi connectivity index (χ4v) is 2.07. The number of nitrogens with zero attached hydrogens (tertiary/aromatic N) is 1. The second-order valence-electron chi connectivity index (χ2n) is 5.76. The van der Waals surface area contributed by atoms with E-state index in [0.29, 0.717) is 6.61 Å². The third-order valence-corrected chi connectivity index (χ3v) is 2.93. The molecule has 5 heteroatoms. The lowest BCUT2D eigenvalue weighted by atomic mass is 10.2. The van der Waals surface area contributed by atoms with E-state index in [1.165, 1.54) is 0 Å². The zero-order valence-electron chi connectivity index (χ0n) is 11.7. The fourth-order valence-electron chi connectivity index (χ4n) is 1.85. The number of carbonyl (C=O) groups excluding carboxylic acids is 1. The van der Waals surface area contributed by atoms with E-state index in [1.807, 2.05) is 46.8 Å². The number of carbonyl (C=O) groups is 1. The molecule has 1 rings (SSSR count). The molecule has 18 heavy (non-hydrogen) atoms. The first-order valence-corrected chi connectivity index (χ1v) is 7.18. The summed E-state index contributed by atoms with van der Waals surface area (Å²) in [6.45, 7) is 9.82. The van der Waals surface area contributed by atoms with Crippen molar-refractivity contribution in [3.05, 3.63) is 12.2 Å². The molecule has 0 aromatic heterocycles. The molecule has 1 atom stereocenters. The predicted octanol–water partition coefficient (Wildman–Crippen LogP) is 3.31. The van der Waals surface area contributed by atoms with Crippen LogP contribution in [0.2, 0.25) is 0 Å². The van der Waals surface area contributed by atoms with Gasteiger partial charge in [-0.3, -0.25) is 4.90 Å². The van der Waals surface area contributed by atoms with Gasteiger partial charge in [-0.15, -0.1) is 0 Å². The number of halogens is 1. The van der Waals surface area contributed by atoms with Crippen molar-refractivity contribution >= 4 is 22.0 Å². The summed E-state index contributed by atoms with van der Waals surface area (Å²) in [5.74, 6) is 0. The van der Waals surface area contributed by atoms with Crippen LogP contribution in [0.15, 0.2) is 12.2 Å². The Morgan fingerprint density at radius 1 is 1.56 bits per heavy atom. The molecule has 0 aromatic rings. The molecule has 0 bridgehead atoms. The van der Waals surface area contributed by atoms with Gasteiger partial charge in [0.15, 0.2) is 0 Å². The molecule has 0 N–H and O–H groups in total. The maximum atomic E-state index is 12.2. The van der Waals surface area contributed by atoms with Crippen LogP contribution in [0.25, 0.3) is 0 Å². The largest absolute Gasteiger partial charge is 0.444 e. The van der Waals surface area contributed by atoms with Crippen LogP contribution >= 0.6 is 15.9 Å². The quantitative estimate of drug-likeness (QED) is 0.579. The fraction of sp³-hybridized carbons (Fsp3) is 0.769. The van der Waals surface area contributed by atoms with Crippen LogP contribution in [0, 0.1) is 0 Å². The van der Waals surface area contributed by atoms with E-state index in [9.17, 15) is 4.79 Å². The lowest BCUT2D eigenvalue weighted by Gasteiger charge is -2.34. The predicted molar refractivity (Wildman–Crippen MR) is 74.8 cm³/mol. The summed E-state index contributed by atoms with van der Waals surface area (Å²) in [6.07, 6.45) is 3.59. The summed E-state index contributed by atoms with van der Waals surface area (Å²) in [7, 11) is 0. The van der Waals surface area contributed by atoms with Crippen LogP contribution in [-0.4, -0.2) is 40.3 Å². The molecule has 1 amide bonds. The Labute approximate surface area is 117 Å². The van der Waals surface area contributed by atoms with E-state index >= 15 is 0 Å². The van der Waals surface area contributed by atoms with Crippen molar-refractivity contribution in [2.75, 3.05) is 11.9 Å². The molecule has 1 unspecified atom stereocenters. The molecule has 1 aliphatic rings. The molecule has 4 nitrogen and oxygen atoms in total. The van der Waals surface area contributed by atoms with Gasteiger partial charge in [-0.25, -0.2) is 4.79 Å². The van der Waals surface area contributed by atoms with Gasteiger partial charge in [-0.2, -0.15) is 0 Å². The van der Waals surface area contributed by atoms with E-state index in [1.54, 1.807) is 4.90 Å². The van der Waals surface area contributed by atoms with E-state index in [-0.39, 0.29) is 12.1 Å². The number of alkyl halides is 1. The number of hydrogen-bond acceptors (Lipinski definition) is 3. The van der Waals surface area contributed by atoms with Gasteiger partial charge in [0.2, 0.25) is 0 Å². The van der Waals surface area contributed by atoms with Crippen molar-refractivity contribution in [1.82, 2.24) is 4.90 Å². The molecule has 0 spiro atoms. The topological polar surface area (TPSA) is 38.8 Å². The highest BCUT2D eigenvalue weighted by Crippen LogP contribution is 2.29.